The predicted octanol–water partition coefficient (Wildman–Crippen LogP) is 5.14. The van der Waals surface area contributed by atoms with Crippen molar-refractivity contribution in [3.05, 3.63) is 59.7 Å². The molecule has 1 N–H and O–H groups in total. The van der Waals surface area contributed by atoms with Crippen LogP contribution < -0.4 is 10.1 Å². The van der Waals surface area contributed by atoms with E-state index in [0.717, 1.165) is 0 Å². The van der Waals surface area contributed by atoms with Crippen LogP contribution in [-0.2, 0) is 9.53 Å². The summed E-state index contributed by atoms with van der Waals surface area (Å²) in [5.74, 6) is 2.00. The second-order valence-corrected chi connectivity index (χ2v) is 9.24. The van der Waals surface area contributed by atoms with Gasteiger partial charge in [-0.15, -0.1) is 23.5 Å². The average molecular weight is 432 g/mol. The van der Waals surface area contributed by atoms with E-state index in [0.29, 0.717) is 28.2 Å². The molecule has 0 bridgehead atoms. The minimum Gasteiger partial charge on any atom is -0.492 e. The molecule has 0 aromatic heterocycles. The van der Waals surface area contributed by atoms with Crippen LogP contribution in [0.15, 0.2) is 48.5 Å². The maximum absolute atomic E-state index is 12.4. The van der Waals surface area contributed by atoms with Crippen LogP contribution in [0.3, 0.4) is 0 Å². The molecule has 29 heavy (non-hydrogen) atoms. The zero-order chi connectivity index (χ0) is 20.6. The average Bonchev–Trinajstić information content (AvgIpc) is 2.76. The van der Waals surface area contributed by atoms with Crippen molar-refractivity contribution in [1.29, 1.82) is 0 Å². The number of hydrogen-bond donors (Lipinski definition) is 1. The van der Waals surface area contributed by atoms with Crippen molar-refractivity contribution in [2.45, 2.75) is 31.0 Å². The summed E-state index contributed by atoms with van der Waals surface area (Å²) in [5.41, 5.74) is 2.19. The van der Waals surface area contributed by atoms with Crippen molar-refractivity contribution >= 4 is 41.1 Å². The first kappa shape index (κ1) is 21.6. The van der Waals surface area contributed by atoms with Crippen molar-refractivity contribution in [3.8, 4) is 5.75 Å². The summed E-state index contributed by atoms with van der Waals surface area (Å²) in [7, 11) is 0. The first-order valence-electron chi connectivity index (χ1n) is 9.65. The molecule has 0 saturated carbocycles. The largest absolute Gasteiger partial charge is 0.492 e. The Kier molecular flexibility index (Phi) is 7.89. The highest BCUT2D eigenvalue weighted by Gasteiger charge is 2.21. The SMILES string of the molecule is CCOc1ccccc1NC(=O)C(C)OC(=O)c1ccc(C2SCCCS2)cc1. The Balaban J connectivity index is 1.57. The second kappa shape index (κ2) is 10.6. The Morgan fingerprint density at radius 2 is 1.79 bits per heavy atom. The molecule has 1 heterocycles. The van der Waals surface area contributed by atoms with E-state index in [-0.39, 0.29) is 0 Å². The van der Waals surface area contributed by atoms with Crippen molar-refractivity contribution in [2.24, 2.45) is 0 Å². The molecule has 154 valence electrons. The van der Waals surface area contributed by atoms with E-state index in [2.05, 4.69) is 5.32 Å². The lowest BCUT2D eigenvalue weighted by molar-refractivity contribution is -0.123. The maximum Gasteiger partial charge on any atom is 0.338 e. The van der Waals surface area contributed by atoms with Gasteiger partial charge in [0.05, 0.1) is 22.4 Å². The van der Waals surface area contributed by atoms with Crippen molar-refractivity contribution in [2.75, 3.05) is 23.4 Å². The Hall–Kier alpha value is -2.12. The van der Waals surface area contributed by atoms with Crippen molar-refractivity contribution in [1.82, 2.24) is 0 Å². The highest BCUT2D eigenvalue weighted by Crippen LogP contribution is 2.43. The summed E-state index contributed by atoms with van der Waals surface area (Å²) >= 11 is 3.87. The molecule has 5 nitrogen and oxygen atoms in total. The number of amides is 1. The third kappa shape index (κ3) is 5.93. The summed E-state index contributed by atoms with van der Waals surface area (Å²) < 4.78 is 11.3. The van der Waals surface area contributed by atoms with Crippen LogP contribution >= 0.6 is 23.5 Å². The van der Waals surface area contributed by atoms with Crippen LogP contribution in [0, 0.1) is 0 Å². The number of para-hydroxylation sites is 2. The number of carbonyl (C=O) groups is 2. The molecule has 7 heteroatoms. The van der Waals surface area contributed by atoms with Gasteiger partial charge < -0.3 is 14.8 Å². The van der Waals surface area contributed by atoms with E-state index in [1.807, 2.05) is 48.6 Å². The second-order valence-electron chi connectivity index (χ2n) is 6.52. The van der Waals surface area contributed by atoms with E-state index < -0.39 is 18.0 Å². The minimum atomic E-state index is -0.929. The number of ether oxygens (including phenoxy) is 2. The molecule has 1 aliphatic heterocycles. The molecule has 2 aromatic rings. The number of thioether (sulfide) groups is 2. The molecular formula is C22H25NO4S2. The lowest BCUT2D eigenvalue weighted by Crippen LogP contribution is -2.30. The number of nitrogens with one attached hydrogen (secondary N) is 1. The number of carbonyl (C=O) groups excluding carboxylic acids is 2. The highest BCUT2D eigenvalue weighted by atomic mass is 32.2. The van der Waals surface area contributed by atoms with Crippen molar-refractivity contribution < 1.29 is 19.1 Å². The molecule has 1 aliphatic rings. The Bertz CT molecular complexity index is 835. The molecule has 1 fully saturated rings. The fourth-order valence-electron chi connectivity index (χ4n) is 2.82. The number of benzene rings is 2. The molecule has 0 aliphatic carbocycles. The first-order valence-corrected chi connectivity index (χ1v) is 11.7. The molecule has 1 unspecified atom stereocenters. The third-order valence-corrected chi connectivity index (χ3v) is 7.36. The van der Waals surface area contributed by atoms with Crippen LogP contribution in [0.5, 0.6) is 5.75 Å². The van der Waals surface area contributed by atoms with E-state index in [9.17, 15) is 9.59 Å². The fourth-order valence-corrected chi connectivity index (χ4v) is 5.72. The Morgan fingerprint density at radius 1 is 1.10 bits per heavy atom. The van der Waals surface area contributed by atoms with Gasteiger partial charge in [0.15, 0.2) is 6.10 Å². The normalized spacial score (nSPS) is 15.4. The molecule has 3 rings (SSSR count). The monoisotopic (exact) mass is 431 g/mol. The van der Waals surface area contributed by atoms with E-state index in [1.165, 1.54) is 23.5 Å². The fraction of sp³-hybridized carbons (Fsp3) is 0.364. The van der Waals surface area contributed by atoms with Crippen LogP contribution in [0.1, 0.15) is 40.8 Å². The molecule has 1 atom stereocenters. The molecular weight excluding hydrogens is 406 g/mol. The highest BCUT2D eigenvalue weighted by molar-refractivity contribution is 8.16. The quantitative estimate of drug-likeness (QED) is 0.613. The number of esters is 1. The molecule has 0 spiro atoms. The van der Waals surface area contributed by atoms with E-state index in [4.69, 9.17) is 9.47 Å². The standard InChI is InChI=1S/C22H25NO4S2/c1-3-26-19-8-5-4-7-18(19)23-20(24)15(2)27-21(25)16-9-11-17(12-10-16)22-28-13-6-14-29-22/h4-5,7-12,15,22H,3,6,13-14H2,1-2H3,(H,23,24). The predicted molar refractivity (Wildman–Crippen MR) is 120 cm³/mol. The zero-order valence-electron chi connectivity index (χ0n) is 16.6. The van der Waals surface area contributed by atoms with Gasteiger partial charge in [-0.3, -0.25) is 4.79 Å². The van der Waals surface area contributed by atoms with Gasteiger partial charge in [0, 0.05) is 0 Å². The summed E-state index contributed by atoms with van der Waals surface area (Å²) in [6.07, 6.45) is 0.312. The van der Waals surface area contributed by atoms with Gasteiger partial charge in [0.25, 0.3) is 5.91 Å². The molecule has 1 amide bonds. The Morgan fingerprint density at radius 3 is 2.48 bits per heavy atom. The summed E-state index contributed by atoms with van der Waals surface area (Å²) in [4.78, 5) is 24.9. The van der Waals surface area contributed by atoms with Gasteiger partial charge in [0.2, 0.25) is 0 Å². The Labute approximate surface area is 179 Å². The summed E-state index contributed by atoms with van der Waals surface area (Å²) in [6, 6.07) is 14.6. The van der Waals surface area contributed by atoms with E-state index >= 15 is 0 Å². The lowest BCUT2D eigenvalue weighted by atomic mass is 10.1. The van der Waals surface area contributed by atoms with Crippen LogP contribution in [0.2, 0.25) is 0 Å². The topological polar surface area (TPSA) is 64.6 Å². The van der Waals surface area contributed by atoms with Crippen LogP contribution in [0.25, 0.3) is 0 Å². The van der Waals surface area contributed by atoms with Gasteiger partial charge in [0.1, 0.15) is 5.75 Å². The van der Waals surface area contributed by atoms with Crippen LogP contribution in [0.4, 0.5) is 5.69 Å². The van der Waals surface area contributed by atoms with Gasteiger partial charge in [-0.2, -0.15) is 0 Å². The molecule has 2 aromatic carbocycles. The smallest absolute Gasteiger partial charge is 0.338 e. The summed E-state index contributed by atoms with van der Waals surface area (Å²) in [5, 5.41) is 2.76. The van der Waals surface area contributed by atoms with Crippen LogP contribution in [-0.4, -0.2) is 36.1 Å². The third-order valence-electron chi connectivity index (χ3n) is 4.34. The van der Waals surface area contributed by atoms with E-state index in [1.54, 1.807) is 37.3 Å². The first-order chi connectivity index (χ1) is 14.1. The molecule has 0 radical (unpaired) electrons. The number of rotatable bonds is 7. The van der Waals surface area contributed by atoms with Gasteiger partial charge in [-0.25, -0.2) is 4.79 Å². The minimum absolute atomic E-state index is 0.405. The van der Waals surface area contributed by atoms with Gasteiger partial charge >= 0.3 is 5.97 Å². The maximum atomic E-state index is 12.4. The number of anilines is 1. The molecule has 1 saturated heterocycles. The summed E-state index contributed by atoms with van der Waals surface area (Å²) in [6.45, 7) is 3.92. The van der Waals surface area contributed by atoms with Gasteiger partial charge in [-0.1, -0.05) is 24.3 Å². The lowest BCUT2D eigenvalue weighted by Gasteiger charge is -2.21. The van der Waals surface area contributed by atoms with Gasteiger partial charge in [-0.05, 0) is 61.6 Å². The zero-order valence-corrected chi connectivity index (χ0v) is 18.2. The van der Waals surface area contributed by atoms with Crippen molar-refractivity contribution in [3.63, 3.8) is 0 Å². The number of hydrogen-bond acceptors (Lipinski definition) is 6.